The van der Waals surface area contributed by atoms with Gasteiger partial charge in [-0.2, -0.15) is 5.10 Å². The van der Waals surface area contributed by atoms with Crippen molar-refractivity contribution in [3.63, 3.8) is 0 Å². The summed E-state index contributed by atoms with van der Waals surface area (Å²) in [5.74, 6) is -0.306. The van der Waals surface area contributed by atoms with E-state index in [2.05, 4.69) is 22.8 Å². The molecule has 0 heterocycles. The minimum Gasteiger partial charge on any atom is -0.493 e. The van der Waals surface area contributed by atoms with Gasteiger partial charge in [-0.3, -0.25) is 9.59 Å². The quantitative estimate of drug-likeness (QED) is 0.295. The van der Waals surface area contributed by atoms with Gasteiger partial charge in [-0.05, 0) is 30.7 Å². The van der Waals surface area contributed by atoms with Crippen LogP contribution in [0.2, 0.25) is 5.02 Å². The molecule has 0 saturated carbocycles. The number of benzene rings is 2. The number of hydrazone groups is 1. The number of ether oxygens (including phenoxy) is 1. The van der Waals surface area contributed by atoms with Crippen molar-refractivity contribution in [1.82, 2.24) is 5.43 Å². The van der Waals surface area contributed by atoms with Gasteiger partial charge in [-0.25, -0.2) is 5.43 Å². The van der Waals surface area contributed by atoms with Gasteiger partial charge in [-0.15, -0.1) is 0 Å². The molecule has 0 aliphatic heterocycles. The molecular formula is C20H22ClN3O3. The molecule has 0 atom stereocenters. The molecule has 0 fully saturated rings. The fourth-order valence-corrected chi connectivity index (χ4v) is 2.34. The van der Waals surface area contributed by atoms with Crippen molar-refractivity contribution >= 4 is 35.3 Å². The third kappa shape index (κ3) is 7.11. The minimum absolute atomic E-state index is 0.364. The smallest absolute Gasteiger partial charge is 0.249 e. The number of amides is 2. The van der Waals surface area contributed by atoms with Crippen LogP contribution in [-0.4, -0.2) is 24.6 Å². The molecule has 6 nitrogen and oxygen atoms in total. The van der Waals surface area contributed by atoms with Gasteiger partial charge in [0.05, 0.1) is 23.5 Å². The summed E-state index contributed by atoms with van der Waals surface area (Å²) < 4.78 is 5.70. The molecule has 142 valence electrons. The zero-order valence-electron chi connectivity index (χ0n) is 15.1. The van der Waals surface area contributed by atoms with Crippen LogP contribution in [0.15, 0.2) is 53.6 Å². The number of hydrogen-bond donors (Lipinski definition) is 2. The summed E-state index contributed by atoms with van der Waals surface area (Å²) >= 11 is 5.97. The zero-order valence-corrected chi connectivity index (χ0v) is 15.8. The van der Waals surface area contributed by atoms with Crippen LogP contribution < -0.4 is 15.5 Å². The van der Waals surface area contributed by atoms with Crippen molar-refractivity contribution in [1.29, 1.82) is 0 Å². The van der Waals surface area contributed by atoms with E-state index in [9.17, 15) is 9.59 Å². The maximum atomic E-state index is 11.9. The molecular weight excluding hydrogens is 366 g/mol. The topological polar surface area (TPSA) is 79.8 Å². The van der Waals surface area contributed by atoms with Gasteiger partial charge in [0.15, 0.2) is 0 Å². The SMILES string of the molecule is CCCCOc1ccccc1C=NNC(=O)CC(=O)Nc1ccccc1Cl. The fourth-order valence-electron chi connectivity index (χ4n) is 2.16. The number of carbonyl (C=O) groups is 2. The van der Waals surface area contributed by atoms with Crippen molar-refractivity contribution in [3.8, 4) is 5.75 Å². The summed E-state index contributed by atoms with van der Waals surface area (Å²) in [6.45, 7) is 2.71. The zero-order chi connectivity index (χ0) is 19.5. The van der Waals surface area contributed by atoms with Gasteiger partial charge in [0.25, 0.3) is 0 Å². The predicted molar refractivity (Wildman–Crippen MR) is 107 cm³/mol. The van der Waals surface area contributed by atoms with Gasteiger partial charge in [0.1, 0.15) is 12.2 Å². The van der Waals surface area contributed by atoms with E-state index in [0.29, 0.717) is 23.1 Å². The second-order valence-electron chi connectivity index (χ2n) is 5.74. The molecule has 2 amide bonds. The largest absolute Gasteiger partial charge is 0.493 e. The Hall–Kier alpha value is -2.86. The first kappa shape index (κ1) is 20.5. The van der Waals surface area contributed by atoms with Crippen molar-refractivity contribution in [3.05, 3.63) is 59.1 Å². The maximum absolute atomic E-state index is 11.9. The van der Waals surface area contributed by atoms with Crippen LogP contribution in [0.25, 0.3) is 0 Å². The first-order valence-corrected chi connectivity index (χ1v) is 9.06. The van der Waals surface area contributed by atoms with E-state index in [1.807, 2.05) is 24.3 Å². The maximum Gasteiger partial charge on any atom is 0.249 e. The van der Waals surface area contributed by atoms with Gasteiger partial charge < -0.3 is 10.1 Å². The highest BCUT2D eigenvalue weighted by atomic mass is 35.5. The lowest BCUT2D eigenvalue weighted by Crippen LogP contribution is -2.24. The van der Waals surface area contributed by atoms with Gasteiger partial charge in [-0.1, -0.05) is 49.2 Å². The first-order valence-electron chi connectivity index (χ1n) is 8.68. The Morgan fingerprint density at radius 2 is 1.85 bits per heavy atom. The lowest BCUT2D eigenvalue weighted by molar-refractivity contribution is -0.126. The fraction of sp³-hybridized carbons (Fsp3) is 0.250. The monoisotopic (exact) mass is 387 g/mol. The number of nitrogens with one attached hydrogen (secondary N) is 2. The second kappa shape index (κ2) is 11.0. The Kier molecular flexibility index (Phi) is 8.32. The van der Waals surface area contributed by atoms with E-state index in [-0.39, 0.29) is 6.42 Å². The van der Waals surface area contributed by atoms with E-state index < -0.39 is 11.8 Å². The molecule has 0 radical (unpaired) electrons. The third-order valence-electron chi connectivity index (χ3n) is 3.54. The van der Waals surface area contributed by atoms with Crippen molar-refractivity contribution in [2.75, 3.05) is 11.9 Å². The highest BCUT2D eigenvalue weighted by Crippen LogP contribution is 2.20. The van der Waals surface area contributed by atoms with Crippen molar-refractivity contribution in [2.24, 2.45) is 5.10 Å². The van der Waals surface area contributed by atoms with Crippen LogP contribution in [0.1, 0.15) is 31.7 Å². The highest BCUT2D eigenvalue weighted by molar-refractivity contribution is 6.33. The summed E-state index contributed by atoms with van der Waals surface area (Å²) in [5.41, 5.74) is 3.54. The summed E-state index contributed by atoms with van der Waals surface area (Å²) in [6, 6.07) is 14.2. The first-order chi connectivity index (χ1) is 13.1. The molecule has 2 aromatic rings. The molecule has 2 rings (SSSR count). The number of halogens is 1. The van der Waals surface area contributed by atoms with E-state index in [1.54, 1.807) is 24.3 Å². The molecule has 0 aliphatic carbocycles. The standard InChI is InChI=1S/C20H22ClN3O3/c1-2-3-12-27-18-11-7-4-8-15(18)14-22-24-20(26)13-19(25)23-17-10-6-5-9-16(17)21/h4-11,14H,2-3,12-13H2,1H3,(H,23,25)(H,24,26). The summed E-state index contributed by atoms with van der Waals surface area (Å²) in [7, 11) is 0. The Bertz CT molecular complexity index is 809. The Morgan fingerprint density at radius 1 is 1.11 bits per heavy atom. The number of carbonyl (C=O) groups excluding carboxylic acids is 2. The number of nitrogens with zero attached hydrogens (tertiary/aromatic N) is 1. The van der Waals surface area contributed by atoms with Crippen LogP contribution >= 0.6 is 11.6 Å². The van der Waals surface area contributed by atoms with Crippen LogP contribution in [0.5, 0.6) is 5.75 Å². The molecule has 0 spiro atoms. The van der Waals surface area contributed by atoms with E-state index in [4.69, 9.17) is 16.3 Å². The third-order valence-corrected chi connectivity index (χ3v) is 3.87. The summed E-state index contributed by atoms with van der Waals surface area (Å²) in [6.07, 6.45) is 3.13. The molecule has 0 aromatic heterocycles. The predicted octanol–water partition coefficient (Wildman–Crippen LogP) is 4.00. The van der Waals surface area contributed by atoms with E-state index in [1.165, 1.54) is 6.21 Å². The highest BCUT2D eigenvalue weighted by Gasteiger charge is 2.10. The van der Waals surface area contributed by atoms with Gasteiger partial charge >= 0.3 is 0 Å². The van der Waals surface area contributed by atoms with E-state index >= 15 is 0 Å². The van der Waals surface area contributed by atoms with Crippen LogP contribution in [-0.2, 0) is 9.59 Å². The Morgan fingerprint density at radius 3 is 2.63 bits per heavy atom. The number of rotatable bonds is 9. The Balaban J connectivity index is 1.84. The molecule has 27 heavy (non-hydrogen) atoms. The molecule has 0 bridgehead atoms. The lowest BCUT2D eigenvalue weighted by atomic mass is 10.2. The van der Waals surface area contributed by atoms with Gasteiger partial charge in [0.2, 0.25) is 11.8 Å². The number of hydrogen-bond acceptors (Lipinski definition) is 4. The summed E-state index contributed by atoms with van der Waals surface area (Å²) in [5, 5.41) is 6.89. The number of para-hydroxylation sites is 2. The van der Waals surface area contributed by atoms with Gasteiger partial charge in [0, 0.05) is 5.56 Å². The molecule has 0 unspecified atom stereocenters. The average molecular weight is 388 g/mol. The number of anilines is 1. The molecule has 0 aliphatic rings. The normalized spacial score (nSPS) is 10.6. The molecule has 2 N–H and O–H groups in total. The molecule has 7 heteroatoms. The van der Waals surface area contributed by atoms with Crippen LogP contribution in [0.3, 0.4) is 0 Å². The summed E-state index contributed by atoms with van der Waals surface area (Å²) in [4.78, 5) is 23.8. The van der Waals surface area contributed by atoms with Crippen molar-refractivity contribution in [2.45, 2.75) is 26.2 Å². The molecule has 2 aromatic carbocycles. The van der Waals surface area contributed by atoms with E-state index in [0.717, 1.165) is 18.4 Å². The number of unbranched alkanes of at least 4 members (excludes halogenated alkanes) is 1. The lowest BCUT2D eigenvalue weighted by Gasteiger charge is -2.08. The second-order valence-corrected chi connectivity index (χ2v) is 6.15. The molecule has 0 saturated heterocycles. The van der Waals surface area contributed by atoms with Crippen molar-refractivity contribution < 1.29 is 14.3 Å². The van der Waals surface area contributed by atoms with Crippen LogP contribution in [0.4, 0.5) is 5.69 Å². The van der Waals surface area contributed by atoms with Crippen LogP contribution in [0, 0.1) is 0 Å². The minimum atomic E-state index is -0.528. The average Bonchev–Trinajstić information content (AvgIpc) is 2.65. The Labute approximate surface area is 163 Å².